The van der Waals surface area contributed by atoms with Crippen molar-refractivity contribution in [3.8, 4) is 0 Å². The Balaban J connectivity index is 1.82. The quantitative estimate of drug-likeness (QED) is 0.702. The summed E-state index contributed by atoms with van der Waals surface area (Å²) in [5.41, 5.74) is 1.79. The number of nitrogens with zero attached hydrogens (tertiary/aromatic N) is 2. The topological polar surface area (TPSA) is 23.6 Å². The monoisotopic (exact) mass is 250 g/mol. The van der Waals surface area contributed by atoms with Crippen LogP contribution in [0.1, 0.15) is 39.5 Å². The molecular weight excluding hydrogens is 224 g/mol. The molecule has 0 radical (unpaired) electrons. The zero-order valence-electron chi connectivity index (χ0n) is 11.9. The number of piperidine rings is 2. The van der Waals surface area contributed by atoms with Crippen molar-refractivity contribution in [3.63, 3.8) is 0 Å². The maximum absolute atomic E-state index is 11.4. The number of carbonyl (C=O) groups excluding carboxylic acids is 1. The van der Waals surface area contributed by atoms with Crippen LogP contribution in [0.3, 0.4) is 0 Å². The summed E-state index contributed by atoms with van der Waals surface area (Å²) in [6.45, 7) is 13.2. The molecule has 0 N–H and O–H groups in total. The highest BCUT2D eigenvalue weighted by atomic mass is 16.2. The molecule has 18 heavy (non-hydrogen) atoms. The van der Waals surface area contributed by atoms with Crippen molar-refractivity contribution in [1.29, 1.82) is 0 Å². The van der Waals surface area contributed by atoms with Crippen molar-refractivity contribution in [2.45, 2.75) is 39.5 Å². The van der Waals surface area contributed by atoms with Gasteiger partial charge < -0.3 is 4.90 Å². The predicted octanol–water partition coefficient (Wildman–Crippen LogP) is 2.29. The van der Waals surface area contributed by atoms with E-state index in [0.717, 1.165) is 19.6 Å². The average molecular weight is 250 g/mol. The van der Waals surface area contributed by atoms with Gasteiger partial charge in [-0.05, 0) is 51.1 Å². The molecule has 3 nitrogen and oxygen atoms in total. The van der Waals surface area contributed by atoms with Crippen LogP contribution in [0.25, 0.3) is 0 Å². The highest BCUT2D eigenvalue weighted by molar-refractivity contribution is 5.73. The number of rotatable bonds is 2. The molecule has 1 spiro atoms. The zero-order valence-corrected chi connectivity index (χ0v) is 11.9. The Morgan fingerprint density at radius 3 is 2.00 bits per heavy atom. The van der Waals surface area contributed by atoms with Crippen LogP contribution in [0.2, 0.25) is 0 Å². The predicted molar refractivity (Wildman–Crippen MR) is 74.4 cm³/mol. The number of carbonyl (C=O) groups is 1. The molecule has 2 aliphatic heterocycles. The highest BCUT2D eigenvalue weighted by Crippen LogP contribution is 2.41. The summed E-state index contributed by atoms with van der Waals surface area (Å²) >= 11 is 0. The molecule has 0 bridgehead atoms. The van der Waals surface area contributed by atoms with Crippen LogP contribution >= 0.6 is 0 Å². The van der Waals surface area contributed by atoms with Gasteiger partial charge in [-0.3, -0.25) is 9.69 Å². The van der Waals surface area contributed by atoms with Gasteiger partial charge in [0.25, 0.3) is 0 Å². The van der Waals surface area contributed by atoms with E-state index in [0.29, 0.717) is 5.41 Å². The fraction of sp³-hybridized carbons (Fsp3) is 0.800. The molecule has 0 atom stereocenters. The van der Waals surface area contributed by atoms with Crippen molar-refractivity contribution >= 4 is 5.91 Å². The molecule has 2 saturated heterocycles. The van der Waals surface area contributed by atoms with Crippen LogP contribution in [0.5, 0.6) is 0 Å². The second-order valence-electron chi connectivity index (χ2n) is 6.24. The maximum atomic E-state index is 11.4. The third-order valence-corrected chi connectivity index (χ3v) is 4.68. The van der Waals surface area contributed by atoms with Crippen molar-refractivity contribution in [3.05, 3.63) is 12.2 Å². The van der Waals surface area contributed by atoms with Gasteiger partial charge in [-0.2, -0.15) is 0 Å². The van der Waals surface area contributed by atoms with Gasteiger partial charge in [0.2, 0.25) is 5.91 Å². The average Bonchev–Trinajstić information content (AvgIpc) is 2.32. The molecule has 0 aromatic carbocycles. The Labute approximate surface area is 111 Å². The van der Waals surface area contributed by atoms with Gasteiger partial charge in [0.15, 0.2) is 0 Å². The molecule has 0 unspecified atom stereocenters. The van der Waals surface area contributed by atoms with E-state index in [1.165, 1.54) is 44.3 Å². The molecule has 3 heteroatoms. The molecule has 2 aliphatic rings. The Morgan fingerprint density at radius 2 is 1.56 bits per heavy atom. The van der Waals surface area contributed by atoms with Crippen LogP contribution in [0.15, 0.2) is 12.2 Å². The molecule has 2 rings (SSSR count). The van der Waals surface area contributed by atoms with Gasteiger partial charge in [0.1, 0.15) is 0 Å². The maximum Gasteiger partial charge on any atom is 0.219 e. The van der Waals surface area contributed by atoms with Crippen molar-refractivity contribution < 1.29 is 4.79 Å². The zero-order chi connectivity index (χ0) is 13.2. The molecule has 1 amide bonds. The van der Waals surface area contributed by atoms with E-state index in [4.69, 9.17) is 0 Å². The Bertz CT molecular complexity index is 319. The lowest BCUT2D eigenvalue weighted by Gasteiger charge is -2.46. The van der Waals surface area contributed by atoms with Crippen LogP contribution < -0.4 is 0 Å². The number of amides is 1. The molecule has 0 saturated carbocycles. The van der Waals surface area contributed by atoms with E-state index in [1.807, 2.05) is 4.90 Å². The molecule has 2 fully saturated rings. The summed E-state index contributed by atoms with van der Waals surface area (Å²) in [6.07, 6.45) is 5.00. The lowest BCUT2D eigenvalue weighted by Crippen LogP contribution is -2.48. The third-order valence-electron chi connectivity index (χ3n) is 4.68. The molecule has 102 valence electrons. The smallest absolute Gasteiger partial charge is 0.219 e. The van der Waals surface area contributed by atoms with Crippen molar-refractivity contribution in [1.82, 2.24) is 9.80 Å². The Hall–Kier alpha value is -0.830. The first-order valence-corrected chi connectivity index (χ1v) is 7.13. The van der Waals surface area contributed by atoms with E-state index in [9.17, 15) is 4.79 Å². The number of likely N-dealkylation sites (tertiary alicyclic amines) is 2. The van der Waals surface area contributed by atoms with Gasteiger partial charge in [-0.1, -0.05) is 12.2 Å². The first-order chi connectivity index (χ1) is 8.51. The molecule has 2 heterocycles. The summed E-state index contributed by atoms with van der Waals surface area (Å²) in [4.78, 5) is 15.9. The minimum absolute atomic E-state index is 0.240. The SMILES string of the molecule is C=C(C)CN1CCC2(CC1)CCN(C(C)=O)CC2. The standard InChI is InChI=1S/C15H26N2O/c1-13(2)12-16-8-4-15(5-9-16)6-10-17(11-7-15)14(3)18/h1,4-12H2,2-3H3. The Morgan fingerprint density at radius 1 is 1.06 bits per heavy atom. The number of hydrogen-bond donors (Lipinski definition) is 0. The third kappa shape index (κ3) is 3.14. The molecular formula is C15H26N2O. The van der Waals surface area contributed by atoms with Gasteiger partial charge >= 0.3 is 0 Å². The van der Waals surface area contributed by atoms with Crippen LogP contribution in [0, 0.1) is 5.41 Å². The van der Waals surface area contributed by atoms with E-state index in [1.54, 1.807) is 6.92 Å². The van der Waals surface area contributed by atoms with Crippen molar-refractivity contribution in [2.75, 3.05) is 32.7 Å². The van der Waals surface area contributed by atoms with Crippen LogP contribution in [-0.4, -0.2) is 48.4 Å². The summed E-state index contributed by atoms with van der Waals surface area (Å²) < 4.78 is 0. The fourth-order valence-electron chi connectivity index (χ4n) is 3.36. The van der Waals surface area contributed by atoms with Gasteiger partial charge in [-0.25, -0.2) is 0 Å². The van der Waals surface area contributed by atoms with Gasteiger partial charge in [0, 0.05) is 26.6 Å². The van der Waals surface area contributed by atoms with Crippen LogP contribution in [-0.2, 0) is 4.79 Å². The van der Waals surface area contributed by atoms with Gasteiger partial charge in [-0.15, -0.1) is 0 Å². The van der Waals surface area contributed by atoms with Crippen LogP contribution in [0.4, 0.5) is 0 Å². The molecule has 0 aliphatic carbocycles. The summed E-state index contributed by atoms with van der Waals surface area (Å²) in [5, 5.41) is 0. The normalized spacial score (nSPS) is 24.2. The fourth-order valence-corrected chi connectivity index (χ4v) is 3.36. The van der Waals surface area contributed by atoms with E-state index >= 15 is 0 Å². The summed E-state index contributed by atoms with van der Waals surface area (Å²) in [7, 11) is 0. The summed E-state index contributed by atoms with van der Waals surface area (Å²) in [6, 6.07) is 0. The second-order valence-corrected chi connectivity index (χ2v) is 6.24. The first-order valence-electron chi connectivity index (χ1n) is 7.13. The Kier molecular flexibility index (Phi) is 4.10. The minimum atomic E-state index is 0.240. The largest absolute Gasteiger partial charge is 0.343 e. The van der Waals surface area contributed by atoms with E-state index in [-0.39, 0.29) is 5.91 Å². The van der Waals surface area contributed by atoms with E-state index < -0.39 is 0 Å². The lowest BCUT2D eigenvalue weighted by molar-refractivity contribution is -0.131. The van der Waals surface area contributed by atoms with Crippen molar-refractivity contribution in [2.24, 2.45) is 5.41 Å². The first kappa shape index (κ1) is 13.6. The summed E-state index contributed by atoms with van der Waals surface area (Å²) in [5.74, 6) is 0.240. The second kappa shape index (κ2) is 5.43. The lowest BCUT2D eigenvalue weighted by atomic mass is 9.71. The number of hydrogen-bond acceptors (Lipinski definition) is 2. The highest BCUT2D eigenvalue weighted by Gasteiger charge is 2.37. The van der Waals surface area contributed by atoms with E-state index in [2.05, 4.69) is 18.4 Å². The minimum Gasteiger partial charge on any atom is -0.343 e. The van der Waals surface area contributed by atoms with Gasteiger partial charge in [0.05, 0.1) is 0 Å². The molecule has 0 aromatic heterocycles. The molecule has 0 aromatic rings.